The Kier molecular flexibility index (Phi) is 5.62. The number of aliphatic hydroxyl groups excluding tert-OH is 1. The van der Waals surface area contributed by atoms with Gasteiger partial charge in [0.05, 0.1) is 10.6 Å². The number of hydrogen-bond donors (Lipinski definition) is 2. The van der Waals surface area contributed by atoms with Gasteiger partial charge in [-0.1, -0.05) is 35.3 Å². The summed E-state index contributed by atoms with van der Waals surface area (Å²) in [7, 11) is 0. The molecule has 0 fully saturated rings. The molecule has 0 aromatic heterocycles. The number of amides is 1. The van der Waals surface area contributed by atoms with Crippen LogP contribution in [0.1, 0.15) is 22.3 Å². The Balaban J connectivity index is 2.14. The van der Waals surface area contributed by atoms with Gasteiger partial charge in [-0.15, -0.1) is 0 Å². The molecule has 2 rings (SSSR count). The van der Waals surface area contributed by atoms with Crippen LogP contribution in [0.5, 0.6) is 0 Å². The van der Waals surface area contributed by atoms with Gasteiger partial charge >= 0.3 is 0 Å². The molecule has 1 amide bonds. The van der Waals surface area contributed by atoms with E-state index in [0.29, 0.717) is 27.7 Å². The molecule has 2 aromatic carbocycles. The molecule has 3 nitrogen and oxygen atoms in total. The Labute approximate surface area is 133 Å². The molecule has 0 unspecified atom stereocenters. The zero-order chi connectivity index (χ0) is 15.2. The van der Waals surface area contributed by atoms with E-state index in [-0.39, 0.29) is 12.5 Å². The second-order valence-corrected chi connectivity index (χ2v) is 5.45. The van der Waals surface area contributed by atoms with Crippen molar-refractivity contribution in [3.8, 4) is 0 Å². The van der Waals surface area contributed by atoms with Crippen LogP contribution in [0.4, 0.5) is 5.69 Å². The van der Waals surface area contributed by atoms with Crippen molar-refractivity contribution in [1.82, 2.24) is 0 Å². The van der Waals surface area contributed by atoms with Crippen molar-refractivity contribution < 1.29 is 9.90 Å². The van der Waals surface area contributed by atoms with Crippen molar-refractivity contribution in [2.45, 2.75) is 12.8 Å². The van der Waals surface area contributed by atoms with Crippen LogP contribution >= 0.6 is 23.2 Å². The Morgan fingerprint density at radius 3 is 2.71 bits per heavy atom. The highest BCUT2D eigenvalue weighted by Crippen LogP contribution is 2.22. The Morgan fingerprint density at radius 1 is 1.14 bits per heavy atom. The number of carbonyl (C=O) groups excluding carboxylic acids is 1. The van der Waals surface area contributed by atoms with Gasteiger partial charge in [0.15, 0.2) is 0 Å². The second kappa shape index (κ2) is 7.46. The van der Waals surface area contributed by atoms with Crippen LogP contribution in [0.3, 0.4) is 0 Å². The number of halogens is 2. The second-order valence-electron chi connectivity index (χ2n) is 4.61. The molecule has 0 aliphatic carbocycles. The summed E-state index contributed by atoms with van der Waals surface area (Å²) in [4.78, 5) is 12.2. The first-order chi connectivity index (χ1) is 10.1. The highest BCUT2D eigenvalue weighted by atomic mass is 35.5. The predicted molar refractivity (Wildman–Crippen MR) is 86.3 cm³/mol. The van der Waals surface area contributed by atoms with Crippen LogP contribution in [-0.4, -0.2) is 17.6 Å². The standard InChI is InChI=1S/C16H15Cl2NO2/c17-12-6-7-15(18)14(10-12)16(21)19-13-5-1-3-11(9-13)4-2-8-20/h1,3,5-7,9-10,20H,2,4,8H2,(H,19,21). The van der Waals surface area contributed by atoms with Crippen LogP contribution in [0.15, 0.2) is 42.5 Å². The molecular weight excluding hydrogens is 309 g/mol. The lowest BCUT2D eigenvalue weighted by Gasteiger charge is -2.09. The average molecular weight is 324 g/mol. The normalized spacial score (nSPS) is 10.4. The van der Waals surface area contributed by atoms with Crippen LogP contribution in [0.25, 0.3) is 0 Å². The third-order valence-corrected chi connectivity index (χ3v) is 3.55. The molecule has 0 radical (unpaired) electrons. The first-order valence-corrected chi connectivity index (χ1v) is 7.32. The third kappa shape index (κ3) is 4.46. The minimum Gasteiger partial charge on any atom is -0.396 e. The lowest BCUT2D eigenvalue weighted by Crippen LogP contribution is -2.12. The molecule has 0 atom stereocenters. The van der Waals surface area contributed by atoms with Gasteiger partial charge < -0.3 is 10.4 Å². The molecule has 0 heterocycles. The molecule has 0 aliphatic heterocycles. The highest BCUT2D eigenvalue weighted by Gasteiger charge is 2.11. The van der Waals surface area contributed by atoms with E-state index in [0.717, 1.165) is 12.0 Å². The van der Waals surface area contributed by atoms with Gasteiger partial charge in [-0.25, -0.2) is 0 Å². The summed E-state index contributed by atoms with van der Waals surface area (Å²) in [5, 5.41) is 12.5. The third-order valence-electron chi connectivity index (χ3n) is 2.98. The lowest BCUT2D eigenvalue weighted by molar-refractivity contribution is 0.102. The predicted octanol–water partition coefficient (Wildman–Crippen LogP) is 4.17. The highest BCUT2D eigenvalue weighted by molar-refractivity contribution is 6.36. The quantitative estimate of drug-likeness (QED) is 0.867. The molecule has 0 saturated carbocycles. The fourth-order valence-corrected chi connectivity index (χ4v) is 2.33. The van der Waals surface area contributed by atoms with Crippen LogP contribution in [-0.2, 0) is 6.42 Å². The minimum atomic E-state index is -0.304. The first-order valence-electron chi connectivity index (χ1n) is 6.56. The fourth-order valence-electron chi connectivity index (χ4n) is 1.96. The van der Waals surface area contributed by atoms with Crippen molar-refractivity contribution in [1.29, 1.82) is 0 Å². The van der Waals surface area contributed by atoms with E-state index in [9.17, 15) is 4.79 Å². The Bertz CT molecular complexity index is 644. The summed E-state index contributed by atoms with van der Waals surface area (Å²) in [6, 6.07) is 12.3. The number of hydrogen-bond acceptors (Lipinski definition) is 2. The summed E-state index contributed by atoms with van der Waals surface area (Å²) < 4.78 is 0. The van der Waals surface area contributed by atoms with Gasteiger partial charge in [0.25, 0.3) is 5.91 Å². The van der Waals surface area contributed by atoms with E-state index in [4.69, 9.17) is 28.3 Å². The molecule has 5 heteroatoms. The summed E-state index contributed by atoms with van der Waals surface area (Å²) in [5.74, 6) is -0.304. The van der Waals surface area contributed by atoms with E-state index in [1.807, 2.05) is 18.2 Å². The monoisotopic (exact) mass is 323 g/mol. The number of nitrogens with one attached hydrogen (secondary N) is 1. The molecule has 0 aliphatic rings. The zero-order valence-corrected chi connectivity index (χ0v) is 12.8. The van der Waals surface area contributed by atoms with Crippen LogP contribution < -0.4 is 5.32 Å². The number of benzene rings is 2. The Morgan fingerprint density at radius 2 is 1.95 bits per heavy atom. The van der Waals surface area contributed by atoms with E-state index in [1.165, 1.54) is 6.07 Å². The molecule has 21 heavy (non-hydrogen) atoms. The molecule has 2 N–H and O–H groups in total. The molecule has 0 spiro atoms. The molecular formula is C16H15Cl2NO2. The first kappa shape index (κ1) is 15.8. The lowest BCUT2D eigenvalue weighted by atomic mass is 10.1. The zero-order valence-electron chi connectivity index (χ0n) is 11.3. The van der Waals surface area contributed by atoms with E-state index < -0.39 is 0 Å². The average Bonchev–Trinajstić information content (AvgIpc) is 2.48. The number of rotatable bonds is 5. The van der Waals surface area contributed by atoms with Gasteiger partial charge in [0.2, 0.25) is 0 Å². The van der Waals surface area contributed by atoms with E-state index in [1.54, 1.807) is 18.2 Å². The summed E-state index contributed by atoms with van der Waals surface area (Å²) in [6.07, 6.45) is 1.45. The number of aryl methyl sites for hydroxylation is 1. The van der Waals surface area contributed by atoms with E-state index >= 15 is 0 Å². The van der Waals surface area contributed by atoms with Crippen molar-refractivity contribution in [2.24, 2.45) is 0 Å². The molecule has 110 valence electrons. The number of aliphatic hydroxyl groups is 1. The van der Waals surface area contributed by atoms with Crippen molar-refractivity contribution in [2.75, 3.05) is 11.9 Å². The minimum absolute atomic E-state index is 0.148. The number of anilines is 1. The van der Waals surface area contributed by atoms with Gasteiger partial charge in [0, 0.05) is 17.3 Å². The van der Waals surface area contributed by atoms with Crippen molar-refractivity contribution >= 4 is 34.8 Å². The smallest absolute Gasteiger partial charge is 0.257 e. The molecule has 0 bridgehead atoms. The van der Waals surface area contributed by atoms with Gasteiger partial charge in [0.1, 0.15) is 0 Å². The van der Waals surface area contributed by atoms with Gasteiger partial charge in [-0.2, -0.15) is 0 Å². The molecule has 0 saturated heterocycles. The van der Waals surface area contributed by atoms with Crippen LogP contribution in [0, 0.1) is 0 Å². The SMILES string of the molecule is O=C(Nc1cccc(CCCO)c1)c1cc(Cl)ccc1Cl. The fraction of sp³-hybridized carbons (Fsp3) is 0.188. The number of carbonyl (C=O) groups is 1. The van der Waals surface area contributed by atoms with Crippen molar-refractivity contribution in [3.63, 3.8) is 0 Å². The van der Waals surface area contributed by atoms with E-state index in [2.05, 4.69) is 5.32 Å². The maximum Gasteiger partial charge on any atom is 0.257 e. The molecule has 2 aromatic rings. The van der Waals surface area contributed by atoms with Crippen LogP contribution in [0.2, 0.25) is 10.0 Å². The largest absolute Gasteiger partial charge is 0.396 e. The summed E-state index contributed by atoms with van der Waals surface area (Å²) in [6.45, 7) is 0.148. The maximum atomic E-state index is 12.2. The summed E-state index contributed by atoms with van der Waals surface area (Å²) >= 11 is 11.9. The Hall–Kier alpha value is -1.55. The summed E-state index contributed by atoms with van der Waals surface area (Å²) in [5.41, 5.74) is 2.08. The van der Waals surface area contributed by atoms with Crippen molar-refractivity contribution in [3.05, 3.63) is 63.6 Å². The maximum absolute atomic E-state index is 12.2. The topological polar surface area (TPSA) is 49.3 Å². The van der Waals surface area contributed by atoms with Gasteiger partial charge in [-0.05, 0) is 48.7 Å². The van der Waals surface area contributed by atoms with Gasteiger partial charge in [-0.3, -0.25) is 4.79 Å².